The molecule has 124 valence electrons. The Morgan fingerprint density at radius 3 is 2.74 bits per heavy atom. The smallest absolute Gasteiger partial charge is 0.261 e. The van der Waals surface area contributed by atoms with Gasteiger partial charge in [0.05, 0.1) is 16.9 Å². The third kappa shape index (κ3) is 3.47. The molecule has 5 nitrogen and oxygen atoms in total. The molecule has 1 fully saturated rings. The molecule has 0 aliphatic heterocycles. The first-order chi connectivity index (χ1) is 11.2. The fourth-order valence-corrected chi connectivity index (χ4v) is 4.22. The predicted molar refractivity (Wildman–Crippen MR) is 92.3 cm³/mol. The second-order valence-corrected chi connectivity index (χ2v) is 7.01. The van der Waals surface area contributed by atoms with Crippen molar-refractivity contribution in [2.24, 2.45) is 0 Å². The summed E-state index contributed by atoms with van der Waals surface area (Å²) >= 11 is 1.42. The largest absolute Gasteiger partial charge is 0.477 e. The van der Waals surface area contributed by atoms with Crippen LogP contribution in [0.5, 0.6) is 5.88 Å². The number of hydrogen-bond acceptors (Lipinski definition) is 5. The Bertz CT molecular complexity index is 690. The van der Waals surface area contributed by atoms with Crippen LogP contribution in [0, 0.1) is 6.92 Å². The van der Waals surface area contributed by atoms with Crippen molar-refractivity contribution in [1.82, 2.24) is 15.3 Å². The average molecular weight is 333 g/mol. The van der Waals surface area contributed by atoms with Crippen molar-refractivity contribution in [3.63, 3.8) is 0 Å². The molecule has 3 rings (SSSR count). The molecule has 0 unspecified atom stereocenters. The zero-order valence-corrected chi connectivity index (χ0v) is 14.5. The quantitative estimate of drug-likeness (QED) is 0.863. The van der Waals surface area contributed by atoms with Crippen LogP contribution in [0.3, 0.4) is 0 Å². The van der Waals surface area contributed by atoms with Gasteiger partial charge >= 0.3 is 0 Å². The van der Waals surface area contributed by atoms with Gasteiger partial charge in [0.2, 0.25) is 5.88 Å². The van der Waals surface area contributed by atoms with Gasteiger partial charge in [-0.05, 0) is 32.3 Å². The van der Waals surface area contributed by atoms with Crippen molar-refractivity contribution in [2.45, 2.75) is 58.4 Å². The van der Waals surface area contributed by atoms with E-state index in [1.807, 2.05) is 13.8 Å². The highest BCUT2D eigenvalue weighted by atomic mass is 32.1. The Balaban J connectivity index is 1.85. The van der Waals surface area contributed by atoms with E-state index < -0.39 is 0 Å². The van der Waals surface area contributed by atoms with Gasteiger partial charge in [-0.1, -0.05) is 25.7 Å². The van der Waals surface area contributed by atoms with Crippen LogP contribution in [-0.4, -0.2) is 28.5 Å². The lowest BCUT2D eigenvalue weighted by Gasteiger charge is -2.15. The molecule has 0 atom stereocenters. The van der Waals surface area contributed by atoms with Gasteiger partial charge in [-0.3, -0.25) is 4.79 Å². The number of hydrogen-bond donors (Lipinski definition) is 1. The minimum absolute atomic E-state index is 0.0137. The van der Waals surface area contributed by atoms with Gasteiger partial charge < -0.3 is 10.1 Å². The van der Waals surface area contributed by atoms with E-state index in [1.165, 1.54) is 43.3 Å². The molecule has 0 radical (unpaired) electrons. The molecular weight excluding hydrogens is 310 g/mol. The number of fused-ring (bicyclic) bond motifs is 1. The molecule has 1 N–H and O–H groups in total. The molecule has 0 aromatic carbocycles. The number of carbonyl (C=O) groups excluding carboxylic acids is 1. The van der Waals surface area contributed by atoms with Crippen molar-refractivity contribution in [3.8, 4) is 5.88 Å². The highest BCUT2D eigenvalue weighted by molar-refractivity contribution is 7.20. The van der Waals surface area contributed by atoms with E-state index in [0.29, 0.717) is 18.5 Å². The number of thiophene rings is 1. The Kier molecular flexibility index (Phi) is 5.10. The van der Waals surface area contributed by atoms with E-state index in [4.69, 9.17) is 4.74 Å². The molecule has 2 aromatic rings. The lowest BCUT2D eigenvalue weighted by atomic mass is 10.1. The Hall–Kier alpha value is -1.69. The van der Waals surface area contributed by atoms with Gasteiger partial charge in [-0.25, -0.2) is 9.97 Å². The Morgan fingerprint density at radius 2 is 2.04 bits per heavy atom. The number of carbonyl (C=O) groups is 1. The van der Waals surface area contributed by atoms with Crippen LogP contribution in [0.25, 0.3) is 10.2 Å². The first kappa shape index (κ1) is 16.2. The number of amides is 1. The number of aromatic nitrogens is 2. The summed E-state index contributed by atoms with van der Waals surface area (Å²) in [4.78, 5) is 22.7. The molecule has 0 spiro atoms. The maximum Gasteiger partial charge on any atom is 0.261 e. The molecule has 1 saturated carbocycles. The molecule has 1 aliphatic carbocycles. The monoisotopic (exact) mass is 333 g/mol. The van der Waals surface area contributed by atoms with Gasteiger partial charge in [0, 0.05) is 6.04 Å². The highest BCUT2D eigenvalue weighted by Gasteiger charge is 2.22. The standard InChI is InChI=1S/C17H23N3O2S/c1-3-22-16-13-11(2)14(23-17(13)19-10-18-16)15(21)20-12-8-6-4-5-7-9-12/h10,12H,3-9H2,1-2H3,(H,20,21). The summed E-state index contributed by atoms with van der Waals surface area (Å²) in [5.41, 5.74) is 0.917. The number of nitrogens with zero attached hydrogens (tertiary/aromatic N) is 2. The number of ether oxygens (including phenoxy) is 1. The Morgan fingerprint density at radius 1 is 1.30 bits per heavy atom. The zero-order valence-electron chi connectivity index (χ0n) is 13.7. The zero-order chi connectivity index (χ0) is 16.2. The first-order valence-corrected chi connectivity index (χ1v) is 9.20. The van der Waals surface area contributed by atoms with Crippen molar-refractivity contribution < 1.29 is 9.53 Å². The normalized spacial score (nSPS) is 16.3. The van der Waals surface area contributed by atoms with Crippen molar-refractivity contribution in [3.05, 3.63) is 16.8 Å². The molecule has 0 bridgehead atoms. The summed E-state index contributed by atoms with van der Waals surface area (Å²) in [6, 6.07) is 0.298. The molecule has 2 aromatic heterocycles. The van der Waals surface area contributed by atoms with Crippen molar-refractivity contribution in [2.75, 3.05) is 6.61 Å². The van der Waals surface area contributed by atoms with E-state index in [1.54, 1.807) is 0 Å². The van der Waals surface area contributed by atoms with Gasteiger partial charge in [0.25, 0.3) is 5.91 Å². The summed E-state index contributed by atoms with van der Waals surface area (Å²) < 4.78 is 5.58. The van der Waals surface area contributed by atoms with Crippen LogP contribution in [-0.2, 0) is 0 Å². The molecular formula is C17H23N3O2S. The van der Waals surface area contributed by atoms with Crippen LogP contribution < -0.4 is 10.1 Å². The van der Waals surface area contributed by atoms with E-state index in [2.05, 4.69) is 15.3 Å². The minimum atomic E-state index is 0.0137. The second-order valence-electron chi connectivity index (χ2n) is 6.01. The number of aryl methyl sites for hydroxylation is 1. The van der Waals surface area contributed by atoms with E-state index in [0.717, 1.165) is 33.5 Å². The number of rotatable bonds is 4. The molecule has 0 saturated heterocycles. The first-order valence-electron chi connectivity index (χ1n) is 8.38. The summed E-state index contributed by atoms with van der Waals surface area (Å²) in [5, 5.41) is 4.08. The molecule has 1 amide bonds. The molecule has 23 heavy (non-hydrogen) atoms. The van der Waals surface area contributed by atoms with Crippen LogP contribution >= 0.6 is 11.3 Å². The van der Waals surface area contributed by atoms with E-state index in [-0.39, 0.29) is 5.91 Å². The summed E-state index contributed by atoms with van der Waals surface area (Å²) in [7, 11) is 0. The molecule has 2 heterocycles. The predicted octanol–water partition coefficient (Wildman–Crippen LogP) is 3.85. The SMILES string of the molecule is CCOc1ncnc2sc(C(=O)NC3CCCCCC3)c(C)c12. The highest BCUT2D eigenvalue weighted by Crippen LogP contribution is 2.34. The summed E-state index contributed by atoms with van der Waals surface area (Å²) in [5.74, 6) is 0.583. The van der Waals surface area contributed by atoms with Crippen molar-refractivity contribution >= 4 is 27.5 Å². The van der Waals surface area contributed by atoms with Crippen LogP contribution in [0.4, 0.5) is 0 Å². The molecule has 6 heteroatoms. The van der Waals surface area contributed by atoms with Gasteiger partial charge in [0.1, 0.15) is 11.2 Å². The fraction of sp³-hybridized carbons (Fsp3) is 0.588. The third-order valence-electron chi connectivity index (χ3n) is 4.37. The maximum atomic E-state index is 12.7. The topological polar surface area (TPSA) is 64.1 Å². The maximum absolute atomic E-state index is 12.7. The van der Waals surface area contributed by atoms with Crippen LogP contribution in [0.2, 0.25) is 0 Å². The van der Waals surface area contributed by atoms with Crippen LogP contribution in [0.15, 0.2) is 6.33 Å². The van der Waals surface area contributed by atoms with Crippen LogP contribution in [0.1, 0.15) is 60.7 Å². The van der Waals surface area contributed by atoms with Gasteiger partial charge in [-0.15, -0.1) is 11.3 Å². The average Bonchev–Trinajstić information content (AvgIpc) is 2.72. The lowest BCUT2D eigenvalue weighted by molar-refractivity contribution is 0.0937. The fourth-order valence-electron chi connectivity index (χ4n) is 3.18. The lowest BCUT2D eigenvalue weighted by Crippen LogP contribution is -2.34. The van der Waals surface area contributed by atoms with E-state index in [9.17, 15) is 4.79 Å². The summed E-state index contributed by atoms with van der Waals surface area (Å²) in [6.07, 6.45) is 8.63. The van der Waals surface area contributed by atoms with Gasteiger partial charge in [-0.2, -0.15) is 0 Å². The second kappa shape index (κ2) is 7.25. The minimum Gasteiger partial charge on any atom is -0.477 e. The Labute approximate surface area is 140 Å². The van der Waals surface area contributed by atoms with Crippen molar-refractivity contribution in [1.29, 1.82) is 0 Å². The third-order valence-corrected chi connectivity index (χ3v) is 5.57. The summed E-state index contributed by atoms with van der Waals surface area (Å²) in [6.45, 7) is 4.42. The van der Waals surface area contributed by atoms with E-state index >= 15 is 0 Å². The number of nitrogens with one attached hydrogen (secondary N) is 1. The van der Waals surface area contributed by atoms with Gasteiger partial charge in [0.15, 0.2) is 0 Å². The molecule has 1 aliphatic rings.